The summed E-state index contributed by atoms with van der Waals surface area (Å²) in [5, 5.41) is 0.196. The molecule has 0 N–H and O–H groups in total. The maximum Gasteiger partial charge on any atom is 0.192 e. The molecular weight excluding hydrogens is 332 g/mol. The highest BCUT2D eigenvalue weighted by Gasteiger charge is 2.57. The van der Waals surface area contributed by atoms with E-state index in [4.69, 9.17) is 13.9 Å². The van der Waals surface area contributed by atoms with Crippen molar-refractivity contribution >= 4 is 14.1 Å². The molecule has 0 bridgehead atoms. The van der Waals surface area contributed by atoms with Gasteiger partial charge in [-0.15, -0.1) is 0 Å². The summed E-state index contributed by atoms with van der Waals surface area (Å²) in [6.45, 7) is 11.4. The van der Waals surface area contributed by atoms with Crippen LogP contribution in [0.15, 0.2) is 12.2 Å². The van der Waals surface area contributed by atoms with Crippen molar-refractivity contribution in [3.63, 3.8) is 0 Å². The van der Waals surface area contributed by atoms with E-state index >= 15 is 0 Å². The molecule has 0 spiro atoms. The van der Waals surface area contributed by atoms with Crippen LogP contribution in [0.2, 0.25) is 18.1 Å². The first-order valence-corrected chi connectivity index (χ1v) is 12.5. The van der Waals surface area contributed by atoms with Gasteiger partial charge in [0.1, 0.15) is 5.78 Å². The Labute approximate surface area is 153 Å². The van der Waals surface area contributed by atoms with E-state index in [1.54, 1.807) is 14.2 Å². The standard InChI is InChI=1S/C20H34O4Si/c1-19(2,3)25(6,7)24-13-10-15-14-8-9-20(22-4,23-5)17(14)12-18(21)16(15)11-13/h8-9,13-17H,10-12H2,1-7H3/t13-,14-,15+,16-,17+/m0/s1. The molecule has 5 heteroatoms. The number of hydrogen-bond donors (Lipinski definition) is 0. The van der Waals surface area contributed by atoms with Crippen LogP contribution in [0.5, 0.6) is 0 Å². The van der Waals surface area contributed by atoms with Gasteiger partial charge in [0, 0.05) is 38.6 Å². The lowest BCUT2D eigenvalue weighted by Gasteiger charge is -2.41. The van der Waals surface area contributed by atoms with E-state index in [1.165, 1.54) is 0 Å². The van der Waals surface area contributed by atoms with Gasteiger partial charge in [-0.3, -0.25) is 4.79 Å². The fourth-order valence-electron chi connectivity index (χ4n) is 4.89. The number of fused-ring (bicyclic) bond motifs is 3. The average molecular weight is 367 g/mol. The lowest BCUT2D eigenvalue weighted by molar-refractivity contribution is -0.213. The van der Waals surface area contributed by atoms with E-state index < -0.39 is 14.1 Å². The second-order valence-electron chi connectivity index (χ2n) is 9.58. The van der Waals surface area contributed by atoms with Crippen LogP contribution in [0.25, 0.3) is 0 Å². The van der Waals surface area contributed by atoms with E-state index in [-0.39, 0.29) is 23.0 Å². The molecule has 0 heterocycles. The van der Waals surface area contributed by atoms with Gasteiger partial charge in [-0.2, -0.15) is 0 Å². The van der Waals surface area contributed by atoms with Crippen molar-refractivity contribution in [3.05, 3.63) is 12.2 Å². The van der Waals surface area contributed by atoms with Crippen molar-refractivity contribution in [1.82, 2.24) is 0 Å². The zero-order valence-corrected chi connectivity index (χ0v) is 17.8. The predicted molar refractivity (Wildman–Crippen MR) is 101 cm³/mol. The third kappa shape index (κ3) is 3.07. The van der Waals surface area contributed by atoms with Crippen molar-refractivity contribution < 1.29 is 18.7 Å². The molecule has 2 saturated carbocycles. The molecule has 0 aliphatic heterocycles. The topological polar surface area (TPSA) is 44.8 Å². The molecule has 0 saturated heterocycles. The van der Waals surface area contributed by atoms with E-state index in [2.05, 4.69) is 39.9 Å². The first kappa shape index (κ1) is 19.3. The second kappa shape index (κ2) is 6.29. The maximum absolute atomic E-state index is 12.9. The molecule has 25 heavy (non-hydrogen) atoms. The van der Waals surface area contributed by atoms with Crippen LogP contribution in [0.3, 0.4) is 0 Å². The number of Topliss-reactive ketones (excluding diaryl/α,β-unsaturated/α-hetero) is 1. The Bertz CT molecular complexity index is 559. The molecule has 3 aliphatic carbocycles. The largest absolute Gasteiger partial charge is 0.414 e. The summed E-state index contributed by atoms with van der Waals surface area (Å²) in [4.78, 5) is 12.9. The minimum Gasteiger partial charge on any atom is -0.414 e. The van der Waals surface area contributed by atoms with Crippen LogP contribution in [0, 0.1) is 23.7 Å². The van der Waals surface area contributed by atoms with Gasteiger partial charge < -0.3 is 13.9 Å². The Morgan fingerprint density at radius 2 is 1.80 bits per heavy atom. The molecule has 0 aromatic heterocycles. The summed E-state index contributed by atoms with van der Waals surface area (Å²) < 4.78 is 18.0. The molecular formula is C20H34O4Si. The summed E-state index contributed by atoms with van der Waals surface area (Å²) in [6, 6.07) is 0. The van der Waals surface area contributed by atoms with Crippen LogP contribution in [-0.2, 0) is 18.7 Å². The maximum atomic E-state index is 12.9. The summed E-state index contributed by atoms with van der Waals surface area (Å²) in [5.41, 5.74) is 0. The molecule has 2 fully saturated rings. The molecule has 142 valence electrons. The van der Waals surface area contributed by atoms with E-state index in [0.717, 1.165) is 12.8 Å². The quantitative estimate of drug-likeness (QED) is 0.426. The number of rotatable bonds is 4. The van der Waals surface area contributed by atoms with E-state index in [1.807, 2.05) is 6.08 Å². The molecule has 3 rings (SSSR count). The zero-order valence-electron chi connectivity index (χ0n) is 16.8. The smallest absolute Gasteiger partial charge is 0.192 e. The lowest BCUT2D eigenvalue weighted by atomic mass is 9.67. The number of carbonyl (C=O) groups excluding carboxylic acids is 1. The molecule has 5 atom stereocenters. The van der Waals surface area contributed by atoms with Crippen molar-refractivity contribution in [2.24, 2.45) is 23.7 Å². The minimum absolute atomic E-state index is 0.0999. The van der Waals surface area contributed by atoms with Gasteiger partial charge in [0.25, 0.3) is 0 Å². The zero-order chi connectivity index (χ0) is 18.6. The highest BCUT2D eigenvalue weighted by Crippen LogP contribution is 2.55. The molecule has 0 aromatic rings. The average Bonchev–Trinajstić information content (AvgIpc) is 3.08. The van der Waals surface area contributed by atoms with Gasteiger partial charge in [-0.25, -0.2) is 0 Å². The summed E-state index contributed by atoms with van der Waals surface area (Å²) in [7, 11) is 1.53. The Morgan fingerprint density at radius 3 is 2.36 bits per heavy atom. The Hall–Kier alpha value is -0.493. The van der Waals surface area contributed by atoms with Gasteiger partial charge in [-0.05, 0) is 48.9 Å². The van der Waals surface area contributed by atoms with E-state index in [9.17, 15) is 4.79 Å². The SMILES string of the molecule is COC1(OC)C=C[C@H]2[C@H]3C[C@H](O[Si](C)(C)C(C)(C)C)C[C@@H]3C(=O)C[C@H]21. The molecule has 4 nitrogen and oxygen atoms in total. The summed E-state index contributed by atoms with van der Waals surface area (Å²) >= 11 is 0. The van der Waals surface area contributed by atoms with Crippen LogP contribution in [0.4, 0.5) is 0 Å². The van der Waals surface area contributed by atoms with Gasteiger partial charge >= 0.3 is 0 Å². The second-order valence-corrected chi connectivity index (χ2v) is 14.3. The normalized spacial score (nSPS) is 37.2. The molecule has 0 unspecified atom stereocenters. The Kier molecular flexibility index (Phi) is 4.85. The van der Waals surface area contributed by atoms with Gasteiger partial charge in [0.2, 0.25) is 0 Å². The van der Waals surface area contributed by atoms with Gasteiger partial charge in [-0.1, -0.05) is 26.8 Å². The number of methoxy groups -OCH3 is 2. The van der Waals surface area contributed by atoms with Crippen LogP contribution < -0.4 is 0 Å². The Balaban J connectivity index is 1.77. The van der Waals surface area contributed by atoms with Crippen molar-refractivity contribution in [1.29, 1.82) is 0 Å². The molecule has 0 amide bonds. The monoisotopic (exact) mass is 366 g/mol. The Morgan fingerprint density at radius 1 is 1.16 bits per heavy atom. The number of ether oxygens (including phenoxy) is 2. The molecule has 3 aliphatic rings. The first-order valence-electron chi connectivity index (χ1n) is 9.55. The fraction of sp³-hybridized carbons (Fsp3) is 0.850. The third-order valence-corrected chi connectivity index (χ3v) is 11.9. The predicted octanol–water partition coefficient (Wildman–Crippen LogP) is 4.17. The molecule has 0 radical (unpaired) electrons. The summed E-state index contributed by atoms with van der Waals surface area (Å²) in [5.74, 6) is 0.604. The van der Waals surface area contributed by atoms with Crippen molar-refractivity contribution in [2.45, 2.75) is 70.1 Å². The highest BCUT2D eigenvalue weighted by molar-refractivity contribution is 6.74. The van der Waals surface area contributed by atoms with Crippen LogP contribution in [0.1, 0.15) is 40.0 Å². The van der Waals surface area contributed by atoms with Gasteiger partial charge in [0.15, 0.2) is 14.1 Å². The highest BCUT2D eigenvalue weighted by atomic mass is 28.4. The van der Waals surface area contributed by atoms with Crippen LogP contribution in [-0.4, -0.2) is 40.2 Å². The number of hydrogen-bond acceptors (Lipinski definition) is 4. The van der Waals surface area contributed by atoms with Crippen molar-refractivity contribution in [3.8, 4) is 0 Å². The van der Waals surface area contributed by atoms with E-state index in [0.29, 0.717) is 24.0 Å². The minimum atomic E-state index is -1.81. The number of ketones is 1. The molecule has 0 aromatic carbocycles. The van der Waals surface area contributed by atoms with Crippen molar-refractivity contribution in [2.75, 3.05) is 14.2 Å². The van der Waals surface area contributed by atoms with Crippen LogP contribution >= 0.6 is 0 Å². The summed E-state index contributed by atoms with van der Waals surface area (Å²) in [6.07, 6.45) is 6.90. The first-order chi connectivity index (χ1) is 11.5. The number of carbonyl (C=O) groups is 1. The number of allylic oxidation sites excluding steroid dienone is 1. The van der Waals surface area contributed by atoms with Gasteiger partial charge in [0.05, 0.1) is 0 Å². The third-order valence-electron chi connectivity index (χ3n) is 7.34. The fourth-order valence-corrected chi connectivity index (χ4v) is 6.27. The lowest BCUT2D eigenvalue weighted by Crippen LogP contribution is -2.47.